The van der Waals surface area contributed by atoms with Gasteiger partial charge in [0.15, 0.2) is 0 Å². The summed E-state index contributed by atoms with van der Waals surface area (Å²) >= 11 is 0. The average Bonchev–Trinajstić information content (AvgIpc) is 2.38. The highest BCUT2D eigenvalue weighted by Gasteiger charge is 2.26. The highest BCUT2D eigenvalue weighted by atomic mass is 16.3. The van der Waals surface area contributed by atoms with Crippen molar-refractivity contribution in [2.75, 3.05) is 13.2 Å². The van der Waals surface area contributed by atoms with Gasteiger partial charge in [0.05, 0.1) is 13.2 Å². The molecule has 0 saturated carbocycles. The molecule has 112 valence electrons. The smallest absolute Gasteiger partial charge is 0.0626 e. The Morgan fingerprint density at radius 2 is 2.00 bits per heavy atom. The number of allylic oxidation sites excluding steroid dienone is 6. The van der Waals surface area contributed by atoms with Crippen molar-refractivity contribution in [2.45, 2.75) is 53.9 Å². The van der Waals surface area contributed by atoms with E-state index in [4.69, 9.17) is 5.11 Å². The molecule has 0 aromatic carbocycles. The Bertz CT molecular complexity index is 450. The van der Waals surface area contributed by atoms with Crippen LogP contribution in [-0.2, 0) is 0 Å². The molecule has 0 aliphatic heterocycles. The largest absolute Gasteiger partial charge is 0.394 e. The van der Waals surface area contributed by atoms with Crippen LogP contribution in [0.3, 0.4) is 0 Å². The van der Waals surface area contributed by atoms with E-state index in [-0.39, 0.29) is 12.0 Å². The number of aliphatic imine (C=N–C) groups is 1. The van der Waals surface area contributed by atoms with Gasteiger partial charge < -0.3 is 5.11 Å². The van der Waals surface area contributed by atoms with E-state index in [2.05, 4.69) is 45.7 Å². The number of hydrogen-bond acceptors (Lipinski definition) is 2. The lowest BCUT2D eigenvalue weighted by Crippen LogP contribution is -2.19. The summed E-state index contributed by atoms with van der Waals surface area (Å²) in [4.78, 5) is 4.11. The molecule has 0 aromatic heterocycles. The van der Waals surface area contributed by atoms with Crippen molar-refractivity contribution in [3.63, 3.8) is 0 Å². The van der Waals surface area contributed by atoms with E-state index >= 15 is 0 Å². The Morgan fingerprint density at radius 3 is 2.60 bits per heavy atom. The molecule has 0 radical (unpaired) electrons. The van der Waals surface area contributed by atoms with Crippen LogP contribution in [0.5, 0.6) is 0 Å². The fourth-order valence-electron chi connectivity index (χ4n) is 2.72. The molecule has 0 heterocycles. The van der Waals surface area contributed by atoms with E-state index in [0.717, 1.165) is 0 Å². The van der Waals surface area contributed by atoms with Crippen LogP contribution in [0.25, 0.3) is 0 Å². The second-order valence-electron chi connectivity index (χ2n) is 6.39. The van der Waals surface area contributed by atoms with E-state index in [9.17, 15) is 0 Å². The second kappa shape index (κ2) is 7.58. The van der Waals surface area contributed by atoms with E-state index < -0.39 is 0 Å². The summed E-state index contributed by atoms with van der Waals surface area (Å²) in [6.07, 6.45) is 9.95. The molecule has 0 unspecified atom stereocenters. The minimum absolute atomic E-state index is 0.110. The maximum Gasteiger partial charge on any atom is 0.0626 e. The molecule has 2 nitrogen and oxygen atoms in total. The van der Waals surface area contributed by atoms with Gasteiger partial charge in [0.1, 0.15) is 0 Å². The van der Waals surface area contributed by atoms with Crippen LogP contribution in [0.1, 0.15) is 53.9 Å². The maximum atomic E-state index is 8.69. The Balaban J connectivity index is 2.92. The molecule has 20 heavy (non-hydrogen) atoms. The summed E-state index contributed by atoms with van der Waals surface area (Å²) < 4.78 is 0. The summed E-state index contributed by atoms with van der Waals surface area (Å²) in [5.74, 6) is 0. The zero-order valence-electron chi connectivity index (χ0n) is 13.7. The van der Waals surface area contributed by atoms with E-state index in [1.165, 1.54) is 41.6 Å². The lowest BCUT2D eigenvalue weighted by molar-refractivity contribution is 0.307. The van der Waals surface area contributed by atoms with Crippen molar-refractivity contribution in [1.82, 2.24) is 0 Å². The highest BCUT2D eigenvalue weighted by molar-refractivity contribution is 5.73. The van der Waals surface area contributed by atoms with Gasteiger partial charge in [-0.2, -0.15) is 0 Å². The molecule has 0 spiro atoms. The Morgan fingerprint density at radius 1 is 1.30 bits per heavy atom. The van der Waals surface area contributed by atoms with Gasteiger partial charge in [0.25, 0.3) is 0 Å². The van der Waals surface area contributed by atoms with Gasteiger partial charge in [-0.1, -0.05) is 25.5 Å². The summed E-state index contributed by atoms with van der Waals surface area (Å²) in [7, 11) is 0. The SMILES string of the molecule is CC(=CC=NCCO)/C(C)=C/C1=C(C)CCCC1(C)C. The minimum Gasteiger partial charge on any atom is -0.394 e. The first-order chi connectivity index (χ1) is 9.38. The van der Waals surface area contributed by atoms with Gasteiger partial charge in [-0.3, -0.25) is 4.99 Å². The number of rotatable bonds is 5. The Hall–Kier alpha value is -1.15. The first kappa shape index (κ1) is 16.9. The van der Waals surface area contributed by atoms with Gasteiger partial charge >= 0.3 is 0 Å². The predicted octanol–water partition coefficient (Wildman–Crippen LogP) is 4.47. The molecular formula is C18H29NO. The quantitative estimate of drug-likeness (QED) is 0.583. The topological polar surface area (TPSA) is 32.6 Å². The minimum atomic E-state index is 0.110. The third-order valence-corrected chi connectivity index (χ3v) is 4.18. The highest BCUT2D eigenvalue weighted by Crippen LogP contribution is 2.41. The van der Waals surface area contributed by atoms with E-state index in [1.807, 2.05) is 6.08 Å². The molecule has 1 aliphatic carbocycles. The number of nitrogens with zero attached hydrogens (tertiary/aromatic N) is 1. The molecule has 1 rings (SSSR count). The Labute approximate surface area is 124 Å². The van der Waals surface area contributed by atoms with Gasteiger partial charge in [0.2, 0.25) is 0 Å². The molecule has 1 N–H and O–H groups in total. The van der Waals surface area contributed by atoms with Crippen molar-refractivity contribution in [1.29, 1.82) is 0 Å². The first-order valence-corrected chi connectivity index (χ1v) is 7.55. The molecule has 1 aliphatic rings. The monoisotopic (exact) mass is 275 g/mol. The fraction of sp³-hybridized carbons (Fsp3) is 0.611. The lowest BCUT2D eigenvalue weighted by atomic mass is 9.72. The molecule has 0 bridgehead atoms. The fourth-order valence-corrected chi connectivity index (χ4v) is 2.72. The zero-order chi connectivity index (χ0) is 15.2. The predicted molar refractivity (Wildman–Crippen MR) is 88.3 cm³/mol. The van der Waals surface area contributed by atoms with Crippen molar-refractivity contribution in [3.8, 4) is 0 Å². The first-order valence-electron chi connectivity index (χ1n) is 7.55. The number of aliphatic hydroxyl groups is 1. The van der Waals surface area contributed by atoms with Crippen LogP contribution in [0.15, 0.2) is 39.4 Å². The van der Waals surface area contributed by atoms with Crippen LogP contribution < -0.4 is 0 Å². The van der Waals surface area contributed by atoms with E-state index in [1.54, 1.807) is 6.21 Å². The molecule has 0 amide bonds. The molecule has 0 atom stereocenters. The average molecular weight is 275 g/mol. The molecule has 0 saturated heterocycles. The maximum absolute atomic E-state index is 8.69. The van der Waals surface area contributed by atoms with Crippen LogP contribution >= 0.6 is 0 Å². The lowest BCUT2D eigenvalue weighted by Gasteiger charge is -2.33. The van der Waals surface area contributed by atoms with Crippen LogP contribution in [-0.4, -0.2) is 24.5 Å². The molecule has 2 heteroatoms. The zero-order valence-corrected chi connectivity index (χ0v) is 13.7. The summed E-state index contributed by atoms with van der Waals surface area (Å²) in [6, 6.07) is 0. The summed E-state index contributed by atoms with van der Waals surface area (Å²) in [5, 5.41) is 8.69. The normalized spacial score (nSPS) is 20.9. The third-order valence-electron chi connectivity index (χ3n) is 4.18. The van der Waals surface area contributed by atoms with Crippen molar-refractivity contribution < 1.29 is 5.11 Å². The standard InChI is InChI=1S/C18H29NO/c1-14(8-10-19-11-12-20)16(3)13-17-15(2)7-6-9-18(17,4)5/h8,10,13,20H,6-7,9,11-12H2,1-5H3/b14-8?,16-13+,19-10?. The van der Waals surface area contributed by atoms with E-state index in [0.29, 0.717) is 6.54 Å². The van der Waals surface area contributed by atoms with Crippen molar-refractivity contribution in [3.05, 3.63) is 34.4 Å². The number of hydrogen-bond donors (Lipinski definition) is 1. The van der Waals surface area contributed by atoms with Crippen LogP contribution in [0, 0.1) is 5.41 Å². The van der Waals surface area contributed by atoms with Crippen LogP contribution in [0.2, 0.25) is 0 Å². The van der Waals surface area contributed by atoms with Gasteiger partial charge in [0, 0.05) is 6.21 Å². The second-order valence-corrected chi connectivity index (χ2v) is 6.39. The van der Waals surface area contributed by atoms with Crippen molar-refractivity contribution in [2.24, 2.45) is 10.4 Å². The molecule has 0 fully saturated rings. The molecular weight excluding hydrogens is 246 g/mol. The van der Waals surface area contributed by atoms with Gasteiger partial charge in [-0.25, -0.2) is 0 Å². The van der Waals surface area contributed by atoms with Crippen molar-refractivity contribution >= 4 is 6.21 Å². The van der Waals surface area contributed by atoms with Gasteiger partial charge in [-0.05, 0) is 68.2 Å². The van der Waals surface area contributed by atoms with Gasteiger partial charge in [-0.15, -0.1) is 0 Å². The Kier molecular flexibility index (Phi) is 6.41. The summed E-state index contributed by atoms with van der Waals surface area (Å²) in [5.41, 5.74) is 5.84. The number of aliphatic hydroxyl groups excluding tert-OH is 1. The summed E-state index contributed by atoms with van der Waals surface area (Å²) in [6.45, 7) is 11.8. The van der Waals surface area contributed by atoms with Crippen LogP contribution in [0.4, 0.5) is 0 Å². The molecule has 0 aromatic rings. The third kappa shape index (κ3) is 4.75.